The number of methoxy groups -OCH3 is 1. The lowest BCUT2D eigenvalue weighted by atomic mass is 10.0. The van der Waals surface area contributed by atoms with Crippen LogP contribution >= 0.6 is 0 Å². The van der Waals surface area contributed by atoms with Crippen molar-refractivity contribution >= 4 is 5.91 Å². The topological polar surface area (TPSA) is 41.6 Å². The Morgan fingerprint density at radius 1 is 1.38 bits per heavy atom. The summed E-state index contributed by atoms with van der Waals surface area (Å²) in [6.45, 7) is 6.18. The molecule has 0 unspecified atom stereocenters. The number of amides is 1. The maximum atomic E-state index is 12.2. The number of rotatable bonds is 7. The van der Waals surface area contributed by atoms with Crippen molar-refractivity contribution in [3.8, 4) is 5.75 Å². The number of nitrogens with zero attached hydrogens (tertiary/aromatic N) is 1. The van der Waals surface area contributed by atoms with Crippen LogP contribution in [0.5, 0.6) is 5.75 Å². The third-order valence-corrected chi connectivity index (χ3v) is 4.29. The molecule has 0 saturated carbocycles. The highest BCUT2D eigenvalue weighted by Gasteiger charge is 2.34. The normalized spacial score (nSPS) is 19.9. The molecule has 0 aromatic heterocycles. The van der Waals surface area contributed by atoms with Crippen LogP contribution in [0, 0.1) is 0 Å². The Balaban J connectivity index is 2.06. The molecule has 0 radical (unpaired) electrons. The van der Waals surface area contributed by atoms with Gasteiger partial charge in [-0.3, -0.25) is 4.79 Å². The highest BCUT2D eigenvalue weighted by Crippen LogP contribution is 2.32. The molecule has 1 aliphatic rings. The summed E-state index contributed by atoms with van der Waals surface area (Å²) in [5.41, 5.74) is 1.17. The summed E-state index contributed by atoms with van der Waals surface area (Å²) >= 11 is 0. The lowest BCUT2D eigenvalue weighted by Gasteiger charge is -2.31. The summed E-state index contributed by atoms with van der Waals surface area (Å²) in [6.07, 6.45) is 2.68. The van der Waals surface area contributed by atoms with Crippen molar-refractivity contribution in [1.29, 1.82) is 0 Å². The van der Waals surface area contributed by atoms with Gasteiger partial charge in [-0.1, -0.05) is 19.1 Å². The summed E-state index contributed by atoms with van der Waals surface area (Å²) in [7, 11) is 1.67. The van der Waals surface area contributed by atoms with Crippen LogP contribution in [0.3, 0.4) is 0 Å². The molecule has 1 aliphatic heterocycles. The number of carbonyl (C=O) groups excluding carboxylic acids is 1. The predicted octanol–water partition coefficient (Wildman–Crippen LogP) is 2.75. The Morgan fingerprint density at radius 3 is 2.71 bits per heavy atom. The third kappa shape index (κ3) is 3.76. The molecule has 2 rings (SSSR count). The number of likely N-dealkylation sites (tertiary alicyclic amines) is 1. The molecule has 1 amide bonds. The van der Waals surface area contributed by atoms with Crippen LogP contribution in [0.1, 0.15) is 44.7 Å². The molecule has 0 bridgehead atoms. The summed E-state index contributed by atoms with van der Waals surface area (Å²) in [5, 5.41) is 3.35. The zero-order valence-electron chi connectivity index (χ0n) is 13.3. The molecule has 4 heteroatoms. The minimum absolute atomic E-state index is 0.123. The molecule has 0 spiro atoms. The summed E-state index contributed by atoms with van der Waals surface area (Å²) in [4.78, 5) is 14.3. The van der Waals surface area contributed by atoms with Gasteiger partial charge in [0.25, 0.3) is 0 Å². The molecular weight excluding hydrogens is 264 g/mol. The van der Waals surface area contributed by atoms with Crippen LogP contribution in [0.25, 0.3) is 0 Å². The van der Waals surface area contributed by atoms with Crippen LogP contribution in [-0.4, -0.2) is 37.0 Å². The first kappa shape index (κ1) is 15.8. The Kier molecular flexibility index (Phi) is 5.62. The minimum Gasteiger partial charge on any atom is -0.497 e. The van der Waals surface area contributed by atoms with E-state index >= 15 is 0 Å². The van der Waals surface area contributed by atoms with Gasteiger partial charge >= 0.3 is 0 Å². The van der Waals surface area contributed by atoms with E-state index in [9.17, 15) is 4.79 Å². The number of hydrogen-bond acceptors (Lipinski definition) is 3. The molecule has 116 valence electrons. The van der Waals surface area contributed by atoms with Crippen LogP contribution < -0.4 is 10.1 Å². The van der Waals surface area contributed by atoms with Crippen molar-refractivity contribution in [3.05, 3.63) is 29.8 Å². The van der Waals surface area contributed by atoms with E-state index in [1.54, 1.807) is 7.11 Å². The first-order valence-corrected chi connectivity index (χ1v) is 7.83. The monoisotopic (exact) mass is 290 g/mol. The number of hydrogen-bond donors (Lipinski definition) is 1. The molecule has 1 aromatic carbocycles. The van der Waals surface area contributed by atoms with Crippen molar-refractivity contribution < 1.29 is 9.53 Å². The highest BCUT2D eigenvalue weighted by molar-refractivity contribution is 5.79. The van der Waals surface area contributed by atoms with Gasteiger partial charge in [0.1, 0.15) is 5.75 Å². The van der Waals surface area contributed by atoms with E-state index in [-0.39, 0.29) is 11.9 Å². The van der Waals surface area contributed by atoms with E-state index in [4.69, 9.17) is 4.74 Å². The van der Waals surface area contributed by atoms with Gasteiger partial charge in [0, 0.05) is 12.5 Å². The SMILES string of the molecule is CCNCC[C@H]1CCC(=O)N1[C@H](C)c1ccc(OC)cc1. The predicted molar refractivity (Wildman–Crippen MR) is 84.4 cm³/mol. The van der Waals surface area contributed by atoms with Gasteiger partial charge in [-0.25, -0.2) is 0 Å². The fraction of sp³-hybridized carbons (Fsp3) is 0.588. The molecule has 0 aliphatic carbocycles. The van der Waals surface area contributed by atoms with E-state index < -0.39 is 0 Å². The smallest absolute Gasteiger partial charge is 0.223 e. The minimum atomic E-state index is 0.123. The molecule has 1 aromatic rings. The Hall–Kier alpha value is -1.55. The highest BCUT2D eigenvalue weighted by atomic mass is 16.5. The zero-order chi connectivity index (χ0) is 15.2. The van der Waals surface area contributed by atoms with Crippen molar-refractivity contribution in [2.45, 2.75) is 45.2 Å². The van der Waals surface area contributed by atoms with Crippen LogP contribution in [0.4, 0.5) is 0 Å². The first-order valence-electron chi connectivity index (χ1n) is 7.83. The summed E-state index contributed by atoms with van der Waals surface area (Å²) in [6, 6.07) is 8.50. The Morgan fingerprint density at radius 2 is 2.10 bits per heavy atom. The number of benzene rings is 1. The second kappa shape index (κ2) is 7.46. The molecule has 1 fully saturated rings. The molecular formula is C17H26N2O2. The zero-order valence-corrected chi connectivity index (χ0v) is 13.3. The van der Waals surface area contributed by atoms with Gasteiger partial charge in [-0.15, -0.1) is 0 Å². The summed E-state index contributed by atoms with van der Waals surface area (Å²) < 4.78 is 5.19. The van der Waals surface area contributed by atoms with Gasteiger partial charge in [-0.05, 0) is 50.6 Å². The standard InChI is InChI=1S/C17H26N2O2/c1-4-18-12-11-15-7-10-17(20)19(15)13(2)14-5-8-16(21-3)9-6-14/h5-6,8-9,13,15,18H,4,7,10-12H2,1-3H3/t13-,15-/m1/s1. The van der Waals surface area contributed by atoms with E-state index in [0.29, 0.717) is 12.5 Å². The Bertz CT molecular complexity index is 458. The number of nitrogens with one attached hydrogen (secondary N) is 1. The maximum Gasteiger partial charge on any atom is 0.223 e. The fourth-order valence-corrected chi connectivity index (χ4v) is 3.07. The van der Waals surface area contributed by atoms with Crippen molar-refractivity contribution in [2.24, 2.45) is 0 Å². The quantitative estimate of drug-likeness (QED) is 0.785. The van der Waals surface area contributed by atoms with Crippen LogP contribution in [0.15, 0.2) is 24.3 Å². The van der Waals surface area contributed by atoms with E-state index in [0.717, 1.165) is 31.7 Å². The third-order valence-electron chi connectivity index (χ3n) is 4.29. The van der Waals surface area contributed by atoms with Gasteiger partial charge in [-0.2, -0.15) is 0 Å². The second-order valence-electron chi connectivity index (χ2n) is 5.58. The van der Waals surface area contributed by atoms with Crippen LogP contribution in [-0.2, 0) is 4.79 Å². The largest absolute Gasteiger partial charge is 0.497 e. The van der Waals surface area contributed by atoms with E-state index in [1.807, 2.05) is 12.1 Å². The van der Waals surface area contributed by atoms with E-state index in [1.165, 1.54) is 5.56 Å². The average Bonchev–Trinajstić information content (AvgIpc) is 2.88. The second-order valence-corrected chi connectivity index (χ2v) is 5.58. The maximum absolute atomic E-state index is 12.2. The van der Waals surface area contributed by atoms with Crippen LogP contribution in [0.2, 0.25) is 0 Å². The van der Waals surface area contributed by atoms with Gasteiger partial charge in [0.2, 0.25) is 5.91 Å². The fourth-order valence-electron chi connectivity index (χ4n) is 3.07. The van der Waals surface area contributed by atoms with Crippen molar-refractivity contribution in [2.75, 3.05) is 20.2 Å². The molecule has 4 nitrogen and oxygen atoms in total. The molecule has 21 heavy (non-hydrogen) atoms. The first-order chi connectivity index (χ1) is 10.2. The molecule has 1 heterocycles. The van der Waals surface area contributed by atoms with Gasteiger partial charge < -0.3 is 15.0 Å². The molecule has 1 N–H and O–H groups in total. The lowest BCUT2D eigenvalue weighted by molar-refractivity contribution is -0.131. The average molecular weight is 290 g/mol. The Labute approximate surface area is 127 Å². The van der Waals surface area contributed by atoms with Crippen molar-refractivity contribution in [3.63, 3.8) is 0 Å². The number of carbonyl (C=O) groups is 1. The molecule has 1 saturated heterocycles. The van der Waals surface area contributed by atoms with E-state index in [2.05, 4.69) is 36.2 Å². The van der Waals surface area contributed by atoms with Crippen molar-refractivity contribution in [1.82, 2.24) is 10.2 Å². The van der Waals surface area contributed by atoms with Gasteiger partial charge in [0.15, 0.2) is 0 Å². The summed E-state index contributed by atoms with van der Waals surface area (Å²) in [5.74, 6) is 1.13. The molecule has 2 atom stereocenters. The number of ether oxygens (including phenoxy) is 1. The van der Waals surface area contributed by atoms with Gasteiger partial charge in [0.05, 0.1) is 13.2 Å². The lowest BCUT2D eigenvalue weighted by Crippen LogP contribution is -2.37.